The first-order valence-corrected chi connectivity index (χ1v) is 5.88. The molecule has 0 radical (unpaired) electrons. The number of hydrogen-bond acceptors (Lipinski definition) is 3. The topological polar surface area (TPSA) is 38.3 Å². The summed E-state index contributed by atoms with van der Waals surface area (Å²) in [5.41, 5.74) is -0.561. The smallest absolute Gasteiger partial charge is 0.314 e. The molecular formula is C12H21NO2. The van der Waals surface area contributed by atoms with E-state index < -0.39 is 0 Å². The summed E-state index contributed by atoms with van der Waals surface area (Å²) in [5, 5.41) is 3.30. The highest BCUT2D eigenvalue weighted by Gasteiger charge is 2.54. The summed E-state index contributed by atoms with van der Waals surface area (Å²) in [6.07, 6.45) is 3.34. The molecule has 0 aromatic carbocycles. The van der Waals surface area contributed by atoms with E-state index in [0.717, 1.165) is 19.5 Å². The molecule has 2 aliphatic rings. The summed E-state index contributed by atoms with van der Waals surface area (Å²) in [6.45, 7) is 7.58. The van der Waals surface area contributed by atoms with Crippen molar-refractivity contribution >= 4 is 5.97 Å². The summed E-state index contributed by atoms with van der Waals surface area (Å²) in [6, 6.07) is 0. The van der Waals surface area contributed by atoms with E-state index in [1.54, 1.807) is 0 Å². The third kappa shape index (κ3) is 2.17. The van der Waals surface area contributed by atoms with Crippen molar-refractivity contribution in [3.63, 3.8) is 0 Å². The molecule has 0 bridgehead atoms. The Balaban J connectivity index is 2.08. The van der Waals surface area contributed by atoms with Crippen molar-refractivity contribution < 1.29 is 9.53 Å². The molecule has 0 aromatic rings. The van der Waals surface area contributed by atoms with Crippen molar-refractivity contribution in [1.29, 1.82) is 0 Å². The highest BCUT2D eigenvalue weighted by Crippen LogP contribution is 2.50. The maximum absolute atomic E-state index is 12.2. The van der Waals surface area contributed by atoms with Gasteiger partial charge in [-0.25, -0.2) is 0 Å². The van der Waals surface area contributed by atoms with Crippen LogP contribution in [-0.4, -0.2) is 24.7 Å². The molecule has 1 unspecified atom stereocenters. The quantitative estimate of drug-likeness (QED) is 0.707. The third-order valence-electron chi connectivity index (χ3n) is 3.35. The zero-order valence-corrected chi connectivity index (χ0v) is 9.93. The van der Waals surface area contributed by atoms with Gasteiger partial charge in [-0.15, -0.1) is 0 Å². The van der Waals surface area contributed by atoms with Crippen LogP contribution in [0.15, 0.2) is 0 Å². The van der Waals surface area contributed by atoms with Gasteiger partial charge >= 0.3 is 5.97 Å². The normalized spacial score (nSPS) is 31.7. The Hall–Kier alpha value is -0.570. The highest BCUT2D eigenvalue weighted by molar-refractivity contribution is 5.79. The van der Waals surface area contributed by atoms with Crippen LogP contribution in [0.2, 0.25) is 0 Å². The van der Waals surface area contributed by atoms with Gasteiger partial charge in [-0.1, -0.05) is 0 Å². The number of carbonyl (C=O) groups excluding carboxylic acids is 1. The average molecular weight is 211 g/mol. The molecule has 3 heteroatoms. The Bertz CT molecular complexity index is 257. The Morgan fingerprint density at radius 3 is 2.47 bits per heavy atom. The first-order chi connectivity index (χ1) is 6.94. The molecule has 1 heterocycles. The maximum atomic E-state index is 12.2. The van der Waals surface area contributed by atoms with Crippen LogP contribution in [0.25, 0.3) is 0 Å². The summed E-state index contributed by atoms with van der Waals surface area (Å²) in [4.78, 5) is 12.2. The Kier molecular flexibility index (Phi) is 2.53. The van der Waals surface area contributed by atoms with Crippen LogP contribution in [0.4, 0.5) is 0 Å². The lowest BCUT2D eigenvalue weighted by molar-refractivity contribution is -0.168. The molecule has 1 N–H and O–H groups in total. The van der Waals surface area contributed by atoms with Gasteiger partial charge in [0.1, 0.15) is 5.60 Å². The van der Waals surface area contributed by atoms with Crippen LogP contribution in [0.5, 0.6) is 0 Å². The minimum Gasteiger partial charge on any atom is -0.459 e. The van der Waals surface area contributed by atoms with E-state index in [-0.39, 0.29) is 17.0 Å². The van der Waals surface area contributed by atoms with Crippen LogP contribution in [-0.2, 0) is 9.53 Å². The van der Waals surface area contributed by atoms with E-state index in [9.17, 15) is 4.79 Å². The minimum atomic E-state index is -0.360. The van der Waals surface area contributed by atoms with Crippen molar-refractivity contribution in [2.24, 2.45) is 11.3 Å². The van der Waals surface area contributed by atoms with E-state index in [4.69, 9.17) is 4.74 Å². The zero-order valence-electron chi connectivity index (χ0n) is 9.93. The fourth-order valence-corrected chi connectivity index (χ4v) is 2.42. The molecule has 1 aliphatic carbocycles. The van der Waals surface area contributed by atoms with Gasteiger partial charge in [0.15, 0.2) is 0 Å². The van der Waals surface area contributed by atoms with Gasteiger partial charge in [-0.05, 0) is 52.5 Å². The molecule has 1 aliphatic heterocycles. The summed E-state index contributed by atoms with van der Waals surface area (Å²) in [7, 11) is 0. The van der Waals surface area contributed by atoms with Gasteiger partial charge < -0.3 is 10.1 Å². The van der Waals surface area contributed by atoms with Crippen molar-refractivity contribution in [1.82, 2.24) is 5.32 Å². The minimum absolute atomic E-state index is 0.0162. The van der Waals surface area contributed by atoms with Gasteiger partial charge in [-0.3, -0.25) is 4.79 Å². The summed E-state index contributed by atoms with van der Waals surface area (Å²) < 4.78 is 5.55. The van der Waals surface area contributed by atoms with E-state index in [0.29, 0.717) is 5.92 Å². The van der Waals surface area contributed by atoms with Gasteiger partial charge in [-0.2, -0.15) is 0 Å². The lowest BCUT2D eigenvalue weighted by Gasteiger charge is -2.30. The molecule has 0 amide bonds. The maximum Gasteiger partial charge on any atom is 0.314 e. The highest BCUT2D eigenvalue weighted by atomic mass is 16.6. The summed E-state index contributed by atoms with van der Waals surface area (Å²) >= 11 is 0. The van der Waals surface area contributed by atoms with E-state index in [2.05, 4.69) is 5.32 Å². The van der Waals surface area contributed by atoms with E-state index in [1.807, 2.05) is 20.8 Å². The monoisotopic (exact) mass is 211 g/mol. The molecular weight excluding hydrogens is 190 g/mol. The molecule has 86 valence electrons. The number of rotatable bonds is 2. The largest absolute Gasteiger partial charge is 0.459 e. The van der Waals surface area contributed by atoms with Crippen LogP contribution in [0.3, 0.4) is 0 Å². The number of hydrogen-bond donors (Lipinski definition) is 1. The van der Waals surface area contributed by atoms with Gasteiger partial charge in [0.2, 0.25) is 0 Å². The SMILES string of the molecule is CC(C)(C)OC(=O)C1(C2CC2)CCNC1. The molecule has 1 saturated carbocycles. The number of ether oxygens (including phenoxy) is 1. The number of carbonyl (C=O) groups is 1. The second-order valence-corrected chi connectivity index (χ2v) is 5.86. The van der Waals surface area contributed by atoms with Crippen molar-refractivity contribution in [3.8, 4) is 0 Å². The predicted octanol–water partition coefficient (Wildman–Crippen LogP) is 1.72. The first kappa shape index (κ1) is 10.9. The Labute approximate surface area is 91.6 Å². The third-order valence-corrected chi connectivity index (χ3v) is 3.35. The Morgan fingerprint density at radius 1 is 1.40 bits per heavy atom. The molecule has 2 fully saturated rings. The number of esters is 1. The van der Waals surface area contributed by atoms with Gasteiger partial charge in [0, 0.05) is 6.54 Å². The fraction of sp³-hybridized carbons (Fsp3) is 0.917. The van der Waals surface area contributed by atoms with Crippen LogP contribution in [0.1, 0.15) is 40.0 Å². The standard InChI is InChI=1S/C12H21NO2/c1-11(2,3)15-10(14)12(9-4-5-9)6-7-13-8-12/h9,13H,4-8H2,1-3H3. The fourth-order valence-electron chi connectivity index (χ4n) is 2.42. The molecule has 1 atom stereocenters. The van der Waals surface area contributed by atoms with Gasteiger partial charge in [0.25, 0.3) is 0 Å². The van der Waals surface area contributed by atoms with E-state index >= 15 is 0 Å². The first-order valence-electron chi connectivity index (χ1n) is 5.88. The van der Waals surface area contributed by atoms with Gasteiger partial charge in [0.05, 0.1) is 5.41 Å². The van der Waals surface area contributed by atoms with Crippen LogP contribution >= 0.6 is 0 Å². The summed E-state index contributed by atoms with van der Waals surface area (Å²) in [5.74, 6) is 0.588. The van der Waals surface area contributed by atoms with E-state index in [1.165, 1.54) is 12.8 Å². The van der Waals surface area contributed by atoms with Crippen LogP contribution < -0.4 is 5.32 Å². The van der Waals surface area contributed by atoms with Crippen molar-refractivity contribution in [2.45, 2.75) is 45.6 Å². The van der Waals surface area contributed by atoms with Crippen molar-refractivity contribution in [2.75, 3.05) is 13.1 Å². The molecule has 15 heavy (non-hydrogen) atoms. The lowest BCUT2D eigenvalue weighted by Crippen LogP contribution is -2.41. The zero-order chi connectivity index (χ0) is 11.1. The molecule has 1 saturated heterocycles. The second kappa shape index (κ2) is 3.48. The molecule has 2 rings (SSSR count). The molecule has 0 spiro atoms. The average Bonchev–Trinajstić information content (AvgIpc) is 2.82. The predicted molar refractivity (Wildman–Crippen MR) is 58.5 cm³/mol. The molecule has 3 nitrogen and oxygen atoms in total. The van der Waals surface area contributed by atoms with Crippen LogP contribution in [0, 0.1) is 11.3 Å². The van der Waals surface area contributed by atoms with Crippen molar-refractivity contribution in [3.05, 3.63) is 0 Å². The number of nitrogens with one attached hydrogen (secondary N) is 1. The lowest BCUT2D eigenvalue weighted by atomic mass is 9.81. The molecule has 0 aromatic heterocycles. The Morgan fingerprint density at radius 2 is 2.07 bits per heavy atom. The second-order valence-electron chi connectivity index (χ2n) is 5.86.